The first-order chi connectivity index (χ1) is 9.77. The van der Waals surface area contributed by atoms with Gasteiger partial charge in [-0.3, -0.25) is 0 Å². The van der Waals surface area contributed by atoms with Crippen LogP contribution < -0.4 is 0 Å². The third-order valence-corrected chi connectivity index (χ3v) is 3.62. The Labute approximate surface area is 116 Å². The fourth-order valence-corrected chi connectivity index (χ4v) is 2.71. The molecule has 0 atom stereocenters. The first kappa shape index (κ1) is 14.0. The lowest BCUT2D eigenvalue weighted by Crippen LogP contribution is -2.15. The molecule has 110 valence electrons. The largest absolute Gasteiger partial charge is 0.204 e. The van der Waals surface area contributed by atoms with Crippen molar-refractivity contribution < 1.29 is 26.3 Å². The number of rotatable bonds is 1. The maximum atomic E-state index is 13.9. The summed E-state index contributed by atoms with van der Waals surface area (Å²) in [5, 5.41) is 0. The molecular weight excluding hydrogens is 294 g/mol. The average Bonchev–Trinajstić information content (AvgIpc) is 2.41. The van der Waals surface area contributed by atoms with Crippen LogP contribution >= 0.6 is 0 Å². The molecule has 0 amide bonds. The molecule has 6 heteroatoms. The van der Waals surface area contributed by atoms with Crippen LogP contribution in [0.15, 0.2) is 6.07 Å². The summed E-state index contributed by atoms with van der Waals surface area (Å²) in [6.45, 7) is 3.06. The van der Waals surface area contributed by atoms with E-state index >= 15 is 0 Å². The molecule has 0 saturated heterocycles. The normalized spacial score (nSPS) is 12.2. The average molecular weight is 302 g/mol. The van der Waals surface area contributed by atoms with Gasteiger partial charge < -0.3 is 0 Å². The van der Waals surface area contributed by atoms with Gasteiger partial charge in [-0.15, -0.1) is 0 Å². The van der Waals surface area contributed by atoms with Gasteiger partial charge in [-0.05, 0) is 23.1 Å². The van der Waals surface area contributed by atoms with Gasteiger partial charge in [0.15, 0.2) is 34.9 Å². The van der Waals surface area contributed by atoms with Crippen molar-refractivity contribution in [3.63, 3.8) is 0 Å². The maximum Gasteiger partial charge on any atom is 0.195 e. The van der Waals surface area contributed by atoms with Crippen LogP contribution in [0.5, 0.6) is 0 Å². The fraction of sp³-hybridized carbons (Fsp3) is 0.200. The Bertz CT molecular complexity index is 792. The second-order valence-corrected chi connectivity index (χ2v) is 5.17. The molecule has 21 heavy (non-hydrogen) atoms. The van der Waals surface area contributed by atoms with Gasteiger partial charge in [-0.25, -0.2) is 26.3 Å². The van der Waals surface area contributed by atoms with Crippen LogP contribution in [-0.2, 0) is 0 Å². The molecule has 0 unspecified atom stereocenters. The number of fused-ring (bicyclic) bond motifs is 4. The predicted molar refractivity (Wildman–Crippen MR) is 64.7 cm³/mol. The van der Waals surface area contributed by atoms with Crippen molar-refractivity contribution in [3.8, 4) is 22.3 Å². The first-order valence-electron chi connectivity index (χ1n) is 6.15. The van der Waals surface area contributed by atoms with Crippen molar-refractivity contribution in [2.75, 3.05) is 0 Å². The molecule has 2 aromatic rings. The first-order valence-corrected chi connectivity index (χ1v) is 6.15. The van der Waals surface area contributed by atoms with Crippen LogP contribution in [0.2, 0.25) is 0 Å². The van der Waals surface area contributed by atoms with E-state index < -0.39 is 51.9 Å². The molecule has 0 heterocycles. The van der Waals surface area contributed by atoms with E-state index in [-0.39, 0.29) is 16.7 Å². The minimum atomic E-state index is -1.77. The molecule has 0 bridgehead atoms. The van der Waals surface area contributed by atoms with Gasteiger partial charge in [0.1, 0.15) is 0 Å². The number of halogens is 6. The summed E-state index contributed by atoms with van der Waals surface area (Å²) in [6.07, 6.45) is 0. The van der Waals surface area contributed by atoms with Crippen molar-refractivity contribution in [2.24, 2.45) is 0 Å². The molecule has 0 aliphatic heterocycles. The summed E-state index contributed by atoms with van der Waals surface area (Å²) < 4.78 is 81.6. The summed E-state index contributed by atoms with van der Waals surface area (Å²) in [6, 6.07) is 0.665. The van der Waals surface area contributed by atoms with Gasteiger partial charge in [-0.2, -0.15) is 0 Å². The summed E-state index contributed by atoms with van der Waals surface area (Å²) in [7, 11) is 0. The molecule has 0 saturated carbocycles. The topological polar surface area (TPSA) is 0 Å². The van der Waals surface area contributed by atoms with Crippen LogP contribution in [0.4, 0.5) is 26.3 Å². The van der Waals surface area contributed by atoms with Gasteiger partial charge in [-0.1, -0.05) is 13.8 Å². The summed E-state index contributed by atoms with van der Waals surface area (Å²) in [4.78, 5) is 0. The third kappa shape index (κ3) is 1.58. The van der Waals surface area contributed by atoms with Crippen LogP contribution in [0.1, 0.15) is 25.3 Å². The molecule has 0 fully saturated rings. The standard InChI is InChI=1S/C15H8F6/c1-4(2)7-8-5-3-6(16)11(17)13(19)9(5)10(8)14(20)15(21)12(7)18/h3-4H,1-2H3. The zero-order valence-corrected chi connectivity index (χ0v) is 10.9. The quantitative estimate of drug-likeness (QED) is 0.423. The maximum absolute atomic E-state index is 13.9. The highest BCUT2D eigenvalue weighted by Gasteiger charge is 2.39. The van der Waals surface area contributed by atoms with E-state index in [1.54, 1.807) is 0 Å². The van der Waals surface area contributed by atoms with Gasteiger partial charge in [0, 0.05) is 16.7 Å². The van der Waals surface area contributed by atoms with E-state index in [4.69, 9.17) is 0 Å². The van der Waals surface area contributed by atoms with E-state index in [1.807, 2.05) is 0 Å². The van der Waals surface area contributed by atoms with Crippen LogP contribution in [0, 0.1) is 34.9 Å². The van der Waals surface area contributed by atoms with Crippen molar-refractivity contribution in [3.05, 3.63) is 46.5 Å². The third-order valence-electron chi connectivity index (χ3n) is 3.62. The molecule has 0 radical (unpaired) electrons. The molecule has 2 aromatic carbocycles. The summed E-state index contributed by atoms with van der Waals surface area (Å²) in [5.41, 5.74) is -1.52. The highest BCUT2D eigenvalue weighted by molar-refractivity contribution is 6.04. The lowest BCUT2D eigenvalue weighted by molar-refractivity contribution is 0.434. The molecular formula is C15H8F6. The Kier molecular flexibility index (Phi) is 2.83. The summed E-state index contributed by atoms with van der Waals surface area (Å²) >= 11 is 0. The Balaban J connectivity index is 2.44. The monoisotopic (exact) mass is 302 g/mol. The van der Waals surface area contributed by atoms with Gasteiger partial charge in [0.25, 0.3) is 0 Å². The lowest BCUT2D eigenvalue weighted by atomic mass is 9.74. The fourth-order valence-electron chi connectivity index (χ4n) is 2.71. The van der Waals surface area contributed by atoms with E-state index in [2.05, 4.69) is 0 Å². The van der Waals surface area contributed by atoms with E-state index in [9.17, 15) is 26.3 Å². The van der Waals surface area contributed by atoms with Crippen molar-refractivity contribution in [1.29, 1.82) is 0 Å². The van der Waals surface area contributed by atoms with Crippen LogP contribution in [0.3, 0.4) is 0 Å². The zero-order chi connectivity index (χ0) is 15.6. The highest BCUT2D eigenvalue weighted by Crippen LogP contribution is 2.54. The summed E-state index contributed by atoms with van der Waals surface area (Å²) in [5.74, 6) is -10.1. The van der Waals surface area contributed by atoms with E-state index in [0.29, 0.717) is 6.07 Å². The second kappa shape index (κ2) is 4.26. The molecule has 0 nitrogen and oxygen atoms in total. The zero-order valence-electron chi connectivity index (χ0n) is 10.9. The Morgan fingerprint density at radius 3 is 1.81 bits per heavy atom. The Morgan fingerprint density at radius 2 is 1.24 bits per heavy atom. The number of hydrogen-bond donors (Lipinski definition) is 0. The number of hydrogen-bond acceptors (Lipinski definition) is 0. The minimum Gasteiger partial charge on any atom is -0.204 e. The molecule has 0 N–H and O–H groups in total. The molecule has 1 aliphatic carbocycles. The Hall–Kier alpha value is -1.98. The van der Waals surface area contributed by atoms with Gasteiger partial charge in [0.05, 0.1) is 0 Å². The molecule has 0 spiro atoms. The smallest absolute Gasteiger partial charge is 0.195 e. The SMILES string of the molecule is CC(C)c1c(F)c(F)c(F)c2c1-c1cc(F)c(F)c(F)c1-2. The Morgan fingerprint density at radius 1 is 0.667 bits per heavy atom. The van der Waals surface area contributed by atoms with Crippen molar-refractivity contribution in [2.45, 2.75) is 19.8 Å². The van der Waals surface area contributed by atoms with Crippen molar-refractivity contribution >= 4 is 0 Å². The predicted octanol–water partition coefficient (Wildman–Crippen LogP) is 5.29. The molecule has 1 aliphatic rings. The molecule has 0 aromatic heterocycles. The highest BCUT2D eigenvalue weighted by atomic mass is 19.2. The van der Waals surface area contributed by atoms with Gasteiger partial charge >= 0.3 is 0 Å². The molecule has 3 rings (SSSR count). The minimum absolute atomic E-state index is 0.103. The van der Waals surface area contributed by atoms with E-state index in [0.717, 1.165) is 0 Å². The van der Waals surface area contributed by atoms with Crippen molar-refractivity contribution in [1.82, 2.24) is 0 Å². The van der Waals surface area contributed by atoms with Crippen LogP contribution in [0.25, 0.3) is 22.3 Å². The second-order valence-electron chi connectivity index (χ2n) is 5.17. The van der Waals surface area contributed by atoms with Gasteiger partial charge in [0.2, 0.25) is 0 Å². The van der Waals surface area contributed by atoms with Crippen LogP contribution in [-0.4, -0.2) is 0 Å². The number of benzene rings is 2. The van der Waals surface area contributed by atoms with E-state index in [1.165, 1.54) is 13.8 Å². The lowest BCUT2D eigenvalue weighted by Gasteiger charge is -2.30.